The normalized spacial score (nSPS) is 11.2. The van der Waals surface area contributed by atoms with E-state index >= 15 is 0 Å². The lowest BCUT2D eigenvalue weighted by Crippen LogP contribution is -2.08. The standard InChI is InChI=1S/C19H18ClN3S/c1-13-8-9-15(14(2)10-13)11-21-23(3)19-22-18(12-24-19)16-6-4-5-7-17(16)20/h4-12H,1-3H3/b21-11+. The molecule has 0 N–H and O–H groups in total. The van der Waals surface area contributed by atoms with Crippen LogP contribution in [-0.2, 0) is 0 Å². The molecule has 0 aliphatic carbocycles. The van der Waals surface area contributed by atoms with Gasteiger partial charge in [-0.1, -0.05) is 53.6 Å². The van der Waals surface area contributed by atoms with Crippen molar-refractivity contribution in [3.63, 3.8) is 0 Å². The Morgan fingerprint density at radius 2 is 1.96 bits per heavy atom. The molecule has 3 nitrogen and oxygen atoms in total. The van der Waals surface area contributed by atoms with E-state index in [9.17, 15) is 0 Å². The number of hydrogen-bond acceptors (Lipinski definition) is 4. The summed E-state index contributed by atoms with van der Waals surface area (Å²) in [6.07, 6.45) is 1.87. The van der Waals surface area contributed by atoms with Crippen LogP contribution in [0.5, 0.6) is 0 Å². The Kier molecular flexibility index (Phi) is 4.97. The van der Waals surface area contributed by atoms with Crippen LogP contribution >= 0.6 is 22.9 Å². The Balaban J connectivity index is 1.80. The number of nitrogens with zero attached hydrogens (tertiary/aromatic N) is 3. The third-order valence-electron chi connectivity index (χ3n) is 3.71. The zero-order valence-electron chi connectivity index (χ0n) is 13.8. The molecule has 0 radical (unpaired) electrons. The molecule has 2 aromatic carbocycles. The summed E-state index contributed by atoms with van der Waals surface area (Å²) in [5.41, 5.74) is 5.38. The molecule has 1 aromatic heterocycles. The van der Waals surface area contributed by atoms with E-state index in [1.165, 1.54) is 11.1 Å². The molecule has 24 heavy (non-hydrogen) atoms. The number of rotatable bonds is 4. The average molecular weight is 356 g/mol. The second kappa shape index (κ2) is 7.16. The molecule has 0 bridgehead atoms. The van der Waals surface area contributed by atoms with Crippen molar-refractivity contribution >= 4 is 34.3 Å². The number of hydrogen-bond donors (Lipinski definition) is 0. The topological polar surface area (TPSA) is 28.5 Å². The van der Waals surface area contributed by atoms with Crippen LogP contribution < -0.4 is 5.01 Å². The highest BCUT2D eigenvalue weighted by Gasteiger charge is 2.10. The fourth-order valence-electron chi connectivity index (χ4n) is 2.37. The monoisotopic (exact) mass is 355 g/mol. The van der Waals surface area contributed by atoms with Crippen LogP contribution in [0.25, 0.3) is 11.3 Å². The molecular formula is C19H18ClN3S. The van der Waals surface area contributed by atoms with Gasteiger partial charge in [0.25, 0.3) is 0 Å². The molecule has 122 valence electrons. The third kappa shape index (κ3) is 3.66. The van der Waals surface area contributed by atoms with Gasteiger partial charge in [0.15, 0.2) is 0 Å². The largest absolute Gasteiger partial charge is 0.242 e. The fourth-order valence-corrected chi connectivity index (χ4v) is 3.35. The second-order valence-electron chi connectivity index (χ2n) is 5.62. The quantitative estimate of drug-likeness (QED) is 0.453. The predicted molar refractivity (Wildman–Crippen MR) is 104 cm³/mol. The predicted octanol–water partition coefficient (Wildman–Crippen LogP) is 5.55. The zero-order valence-corrected chi connectivity index (χ0v) is 15.4. The summed E-state index contributed by atoms with van der Waals surface area (Å²) in [4.78, 5) is 4.64. The highest BCUT2D eigenvalue weighted by Crippen LogP contribution is 2.31. The van der Waals surface area contributed by atoms with Gasteiger partial charge in [-0.25, -0.2) is 9.99 Å². The van der Waals surface area contributed by atoms with Crippen LogP contribution in [0.4, 0.5) is 5.13 Å². The van der Waals surface area contributed by atoms with Crippen molar-refractivity contribution in [2.45, 2.75) is 13.8 Å². The van der Waals surface area contributed by atoms with Crippen LogP contribution in [0.1, 0.15) is 16.7 Å². The van der Waals surface area contributed by atoms with Gasteiger partial charge in [0.1, 0.15) is 0 Å². The van der Waals surface area contributed by atoms with Gasteiger partial charge in [0.2, 0.25) is 5.13 Å². The number of thiazole rings is 1. The highest BCUT2D eigenvalue weighted by atomic mass is 35.5. The number of benzene rings is 2. The summed E-state index contributed by atoms with van der Waals surface area (Å²) in [6.45, 7) is 4.18. The van der Waals surface area contributed by atoms with E-state index in [1.54, 1.807) is 16.3 Å². The van der Waals surface area contributed by atoms with Gasteiger partial charge in [-0.05, 0) is 31.0 Å². The number of hydrazone groups is 1. The number of halogens is 1. The van der Waals surface area contributed by atoms with Gasteiger partial charge in [-0.2, -0.15) is 5.10 Å². The second-order valence-corrected chi connectivity index (χ2v) is 6.87. The summed E-state index contributed by atoms with van der Waals surface area (Å²) >= 11 is 7.79. The Morgan fingerprint density at radius 3 is 2.71 bits per heavy atom. The molecule has 0 atom stereocenters. The van der Waals surface area contributed by atoms with E-state index in [0.717, 1.165) is 22.0 Å². The van der Waals surface area contributed by atoms with Gasteiger partial charge in [-0.15, -0.1) is 11.3 Å². The molecule has 0 fully saturated rings. The van der Waals surface area contributed by atoms with Crippen LogP contribution in [0, 0.1) is 13.8 Å². The Morgan fingerprint density at radius 1 is 1.17 bits per heavy atom. The molecule has 0 aliphatic rings. The summed E-state index contributed by atoms with van der Waals surface area (Å²) in [5.74, 6) is 0. The van der Waals surface area contributed by atoms with Crippen LogP contribution in [0.15, 0.2) is 52.9 Å². The van der Waals surface area contributed by atoms with Crippen molar-refractivity contribution in [3.05, 3.63) is 69.6 Å². The van der Waals surface area contributed by atoms with Gasteiger partial charge in [0.05, 0.1) is 11.9 Å². The minimum atomic E-state index is 0.704. The van der Waals surface area contributed by atoms with E-state index < -0.39 is 0 Å². The molecule has 3 aromatic rings. The summed E-state index contributed by atoms with van der Waals surface area (Å²) in [7, 11) is 1.90. The maximum Gasteiger partial charge on any atom is 0.206 e. The molecule has 1 heterocycles. The van der Waals surface area contributed by atoms with E-state index in [0.29, 0.717) is 5.02 Å². The molecule has 0 saturated carbocycles. The molecule has 5 heteroatoms. The van der Waals surface area contributed by atoms with Crippen molar-refractivity contribution in [2.75, 3.05) is 12.1 Å². The first-order valence-electron chi connectivity index (χ1n) is 7.60. The Bertz CT molecular complexity index is 886. The van der Waals surface area contributed by atoms with Crippen molar-refractivity contribution in [3.8, 4) is 11.3 Å². The highest BCUT2D eigenvalue weighted by molar-refractivity contribution is 7.14. The maximum absolute atomic E-state index is 6.24. The van der Waals surface area contributed by atoms with E-state index in [2.05, 4.69) is 42.1 Å². The zero-order chi connectivity index (χ0) is 17.1. The van der Waals surface area contributed by atoms with Gasteiger partial charge < -0.3 is 0 Å². The SMILES string of the molecule is Cc1ccc(/C=N/N(C)c2nc(-c3ccccc3Cl)cs2)c(C)c1. The van der Waals surface area contributed by atoms with Crippen LogP contribution in [0.3, 0.4) is 0 Å². The molecule has 0 amide bonds. The van der Waals surface area contributed by atoms with Crippen molar-refractivity contribution in [1.29, 1.82) is 0 Å². The average Bonchev–Trinajstić information content (AvgIpc) is 3.04. The molecule has 0 unspecified atom stereocenters. The third-order valence-corrected chi connectivity index (χ3v) is 4.95. The van der Waals surface area contributed by atoms with Crippen molar-refractivity contribution < 1.29 is 0 Å². The maximum atomic E-state index is 6.24. The lowest BCUT2D eigenvalue weighted by molar-refractivity contribution is 1.01. The summed E-state index contributed by atoms with van der Waals surface area (Å²) in [5, 5.41) is 9.82. The van der Waals surface area contributed by atoms with Gasteiger partial charge >= 0.3 is 0 Å². The molecule has 0 aliphatic heterocycles. The van der Waals surface area contributed by atoms with E-state index in [-0.39, 0.29) is 0 Å². The smallest absolute Gasteiger partial charge is 0.206 e. The summed E-state index contributed by atoms with van der Waals surface area (Å²) in [6, 6.07) is 14.0. The lowest BCUT2D eigenvalue weighted by Gasteiger charge is -2.09. The van der Waals surface area contributed by atoms with Crippen molar-refractivity contribution in [2.24, 2.45) is 5.10 Å². The van der Waals surface area contributed by atoms with E-state index in [4.69, 9.17) is 11.6 Å². The molecular weight excluding hydrogens is 338 g/mol. The first kappa shape index (κ1) is 16.7. The van der Waals surface area contributed by atoms with Gasteiger partial charge in [-0.3, -0.25) is 0 Å². The minimum absolute atomic E-state index is 0.704. The number of aryl methyl sites for hydroxylation is 2. The first-order valence-corrected chi connectivity index (χ1v) is 8.86. The molecule has 3 rings (SSSR count). The Labute approximate surface area is 151 Å². The van der Waals surface area contributed by atoms with Crippen LogP contribution in [0.2, 0.25) is 5.02 Å². The molecule has 0 saturated heterocycles. The number of aromatic nitrogens is 1. The first-order chi connectivity index (χ1) is 11.5. The lowest BCUT2D eigenvalue weighted by atomic mass is 10.1. The molecule has 0 spiro atoms. The fraction of sp³-hybridized carbons (Fsp3) is 0.158. The van der Waals surface area contributed by atoms with Crippen molar-refractivity contribution in [1.82, 2.24) is 4.98 Å². The minimum Gasteiger partial charge on any atom is -0.242 e. The Hall–Kier alpha value is -2.17. The van der Waals surface area contributed by atoms with Gasteiger partial charge in [0, 0.05) is 23.0 Å². The van der Waals surface area contributed by atoms with Crippen LogP contribution in [-0.4, -0.2) is 18.2 Å². The van der Waals surface area contributed by atoms with E-state index in [1.807, 2.05) is 42.9 Å². The summed E-state index contributed by atoms with van der Waals surface area (Å²) < 4.78 is 0. The number of anilines is 1.